The molecular weight excluding hydrogens is 638 g/mol. The van der Waals surface area contributed by atoms with Gasteiger partial charge in [0, 0.05) is 42.3 Å². The minimum absolute atomic E-state index is 0.0686. The molecule has 11 heteroatoms. The van der Waals surface area contributed by atoms with Crippen LogP contribution in [0.2, 0.25) is 0 Å². The van der Waals surface area contributed by atoms with E-state index in [4.69, 9.17) is 4.74 Å². The lowest BCUT2D eigenvalue weighted by atomic mass is 9.77. The first-order valence-corrected chi connectivity index (χ1v) is 16.2. The Morgan fingerprint density at radius 3 is 2.67 bits per heavy atom. The van der Waals surface area contributed by atoms with Crippen molar-refractivity contribution in [2.75, 3.05) is 13.1 Å². The zero-order valence-electron chi connectivity index (χ0n) is 25.0. The molecule has 0 spiro atoms. The topological polar surface area (TPSA) is 118 Å². The summed E-state index contributed by atoms with van der Waals surface area (Å²) >= 11 is 3.74. The highest BCUT2D eigenvalue weighted by Crippen LogP contribution is 2.44. The van der Waals surface area contributed by atoms with Crippen molar-refractivity contribution in [2.24, 2.45) is 18.9 Å². The van der Waals surface area contributed by atoms with Crippen LogP contribution < -0.4 is 4.74 Å². The van der Waals surface area contributed by atoms with E-state index in [1.54, 1.807) is 9.58 Å². The fourth-order valence-electron chi connectivity index (χ4n) is 7.30. The van der Waals surface area contributed by atoms with Crippen LogP contribution in [0.1, 0.15) is 64.3 Å². The molecule has 1 saturated carbocycles. The third-order valence-electron chi connectivity index (χ3n) is 9.61. The van der Waals surface area contributed by atoms with Crippen LogP contribution in [-0.4, -0.2) is 60.8 Å². The number of amides is 2. The summed E-state index contributed by atoms with van der Waals surface area (Å²) in [5, 5.41) is 18.3. The summed E-state index contributed by atoms with van der Waals surface area (Å²) in [6.45, 7) is 1.43. The van der Waals surface area contributed by atoms with Gasteiger partial charge in [0.1, 0.15) is 17.9 Å². The highest BCUT2D eigenvalue weighted by molar-refractivity contribution is 9.10. The Hall–Kier alpha value is -4.25. The van der Waals surface area contributed by atoms with E-state index in [1.807, 2.05) is 66.5 Å². The molecule has 3 aromatic carbocycles. The van der Waals surface area contributed by atoms with Crippen LogP contribution in [0, 0.1) is 11.8 Å². The van der Waals surface area contributed by atoms with Crippen LogP contribution in [0.15, 0.2) is 59.1 Å². The summed E-state index contributed by atoms with van der Waals surface area (Å²) in [5.41, 5.74) is 6.15. The lowest BCUT2D eigenvalue weighted by Gasteiger charge is -2.43. The summed E-state index contributed by atoms with van der Waals surface area (Å²) in [6, 6.07) is 16.9. The molecule has 2 amide bonds. The molecule has 232 valence electrons. The zero-order valence-corrected chi connectivity index (χ0v) is 26.6. The van der Waals surface area contributed by atoms with Crippen LogP contribution in [0.25, 0.3) is 11.0 Å². The van der Waals surface area contributed by atoms with E-state index in [9.17, 15) is 19.5 Å². The molecule has 1 N–H and O–H groups in total. The van der Waals surface area contributed by atoms with Crippen LogP contribution in [0.3, 0.4) is 0 Å². The highest BCUT2D eigenvalue weighted by atomic mass is 79.9. The van der Waals surface area contributed by atoms with E-state index in [1.165, 1.54) is 0 Å². The largest absolute Gasteiger partial charge is 0.489 e. The lowest BCUT2D eigenvalue weighted by molar-refractivity contribution is -0.153. The predicted octanol–water partition coefficient (Wildman–Crippen LogP) is 5.28. The SMILES string of the molecule is Cn1nnc2cc(COc3ccc(Br)c4c3[C@@H](CN3Cc5ccccc5C3=O)N(C(=O)C3CCCC[C@H]3C(=O)O)CC4)ccc21. The highest BCUT2D eigenvalue weighted by Gasteiger charge is 2.44. The Labute approximate surface area is 269 Å². The predicted molar refractivity (Wildman–Crippen MR) is 169 cm³/mol. The molecule has 1 fully saturated rings. The Morgan fingerprint density at radius 1 is 1.07 bits per heavy atom. The van der Waals surface area contributed by atoms with Crippen molar-refractivity contribution in [1.29, 1.82) is 0 Å². The molecule has 3 atom stereocenters. The van der Waals surface area contributed by atoms with Crippen molar-refractivity contribution in [3.63, 3.8) is 0 Å². The maximum absolute atomic E-state index is 14.4. The van der Waals surface area contributed by atoms with Crippen LogP contribution in [0.4, 0.5) is 0 Å². The average molecular weight is 673 g/mol. The van der Waals surface area contributed by atoms with Gasteiger partial charge in [0.15, 0.2) is 0 Å². The van der Waals surface area contributed by atoms with Crippen molar-refractivity contribution in [2.45, 2.75) is 51.3 Å². The van der Waals surface area contributed by atoms with E-state index < -0.39 is 23.8 Å². The second-order valence-corrected chi connectivity index (χ2v) is 13.1. The third-order valence-corrected chi connectivity index (χ3v) is 10.4. The van der Waals surface area contributed by atoms with Gasteiger partial charge in [-0.25, -0.2) is 4.68 Å². The van der Waals surface area contributed by atoms with E-state index in [-0.39, 0.29) is 25.0 Å². The number of halogens is 1. The maximum Gasteiger partial charge on any atom is 0.307 e. The monoisotopic (exact) mass is 671 g/mol. The van der Waals surface area contributed by atoms with Gasteiger partial charge in [-0.05, 0) is 66.3 Å². The van der Waals surface area contributed by atoms with Gasteiger partial charge >= 0.3 is 5.97 Å². The minimum atomic E-state index is -0.918. The molecule has 45 heavy (non-hydrogen) atoms. The van der Waals surface area contributed by atoms with Crippen molar-refractivity contribution >= 4 is 44.7 Å². The van der Waals surface area contributed by atoms with E-state index in [0.29, 0.717) is 43.7 Å². The number of benzene rings is 3. The zero-order chi connectivity index (χ0) is 31.2. The molecule has 0 bridgehead atoms. The fraction of sp³-hybridized carbons (Fsp3) is 0.382. The van der Waals surface area contributed by atoms with Gasteiger partial charge in [-0.15, -0.1) is 5.10 Å². The van der Waals surface area contributed by atoms with Crippen molar-refractivity contribution in [3.05, 3.63) is 86.9 Å². The number of hydrogen-bond acceptors (Lipinski definition) is 6. The Balaban J connectivity index is 1.25. The molecule has 0 saturated heterocycles. The molecule has 1 aromatic heterocycles. The molecule has 10 nitrogen and oxygen atoms in total. The minimum Gasteiger partial charge on any atom is -0.489 e. The van der Waals surface area contributed by atoms with Gasteiger partial charge < -0.3 is 19.6 Å². The second kappa shape index (κ2) is 11.9. The number of hydrogen-bond donors (Lipinski definition) is 1. The maximum atomic E-state index is 14.4. The van der Waals surface area contributed by atoms with Gasteiger partial charge in [0.05, 0.1) is 23.4 Å². The van der Waals surface area contributed by atoms with Crippen LogP contribution >= 0.6 is 15.9 Å². The normalized spacial score (nSPS) is 21.1. The van der Waals surface area contributed by atoms with Gasteiger partial charge in [-0.3, -0.25) is 14.4 Å². The molecular formula is C34H34BrN5O5. The number of nitrogens with zero attached hydrogens (tertiary/aromatic N) is 5. The summed E-state index contributed by atoms with van der Waals surface area (Å²) in [5.74, 6) is -1.80. The number of rotatable bonds is 7. The number of fused-ring (bicyclic) bond motifs is 3. The number of aryl methyl sites for hydroxylation is 1. The first kappa shape index (κ1) is 29.5. The smallest absolute Gasteiger partial charge is 0.307 e. The molecule has 3 aliphatic rings. The number of carboxylic acids is 1. The van der Waals surface area contributed by atoms with Crippen molar-refractivity contribution in [1.82, 2.24) is 24.8 Å². The second-order valence-electron chi connectivity index (χ2n) is 12.2. The Kier molecular flexibility index (Phi) is 7.81. The van der Waals surface area contributed by atoms with Crippen molar-refractivity contribution in [3.8, 4) is 5.75 Å². The number of aromatic nitrogens is 3. The molecule has 1 aliphatic carbocycles. The average Bonchev–Trinajstić information content (AvgIpc) is 3.58. The quantitative estimate of drug-likeness (QED) is 0.284. The van der Waals surface area contributed by atoms with E-state index in [2.05, 4.69) is 26.2 Å². The Bertz CT molecular complexity index is 1820. The number of carbonyl (C=O) groups is 3. The lowest BCUT2D eigenvalue weighted by Crippen LogP contribution is -2.50. The number of aliphatic carboxylic acids is 1. The molecule has 4 aromatic rings. The molecule has 1 unspecified atom stereocenters. The summed E-state index contributed by atoms with van der Waals surface area (Å²) < 4.78 is 9.15. The Morgan fingerprint density at radius 2 is 1.87 bits per heavy atom. The molecule has 3 heterocycles. The van der Waals surface area contributed by atoms with Crippen molar-refractivity contribution < 1.29 is 24.2 Å². The van der Waals surface area contributed by atoms with Crippen LogP contribution in [-0.2, 0) is 36.2 Å². The van der Waals surface area contributed by atoms with E-state index >= 15 is 0 Å². The summed E-state index contributed by atoms with van der Waals surface area (Å²) in [4.78, 5) is 43.8. The summed E-state index contributed by atoms with van der Waals surface area (Å²) in [6.07, 6.45) is 3.26. The van der Waals surface area contributed by atoms with Gasteiger partial charge in [0.25, 0.3) is 5.91 Å². The fourth-order valence-corrected chi connectivity index (χ4v) is 7.85. The first-order chi connectivity index (χ1) is 21.8. The standard InChI is InChI=1S/C34H34BrN5O5/c1-38-28-12-10-20(16-27(28)36-37-38)19-45-30-13-11-26(35)25-14-15-40(33(42)23-8-4-5-9-24(23)34(43)44)29(31(25)30)18-39-17-21-6-2-3-7-22(21)32(39)41/h2-3,6-7,10-13,16,23-24,29H,4-5,8-9,14-15,17-19H2,1H3,(H,43,44)/t23?,24-,29-/m1/s1. The van der Waals surface area contributed by atoms with Gasteiger partial charge in [0.2, 0.25) is 5.91 Å². The number of carboxylic acid groups (broad SMARTS) is 1. The number of carbonyl (C=O) groups excluding carboxylic acids is 2. The first-order valence-electron chi connectivity index (χ1n) is 15.4. The number of ether oxygens (including phenoxy) is 1. The van der Waals surface area contributed by atoms with Gasteiger partial charge in [-0.2, -0.15) is 0 Å². The molecule has 7 rings (SSSR count). The van der Waals surface area contributed by atoms with E-state index in [0.717, 1.165) is 50.6 Å². The summed E-state index contributed by atoms with van der Waals surface area (Å²) in [7, 11) is 1.85. The van der Waals surface area contributed by atoms with Crippen LogP contribution in [0.5, 0.6) is 5.75 Å². The molecule has 0 radical (unpaired) electrons. The molecule has 2 aliphatic heterocycles. The third kappa shape index (κ3) is 5.37. The van der Waals surface area contributed by atoms with Gasteiger partial charge in [-0.1, -0.05) is 58.3 Å².